The third kappa shape index (κ3) is 6.31. The number of likely N-dealkylation sites (tertiary alicyclic amines) is 1. The number of amides is 3. The Morgan fingerprint density at radius 2 is 1.63 bits per heavy atom. The molecule has 0 aromatic heterocycles. The Hall–Kier alpha value is -2.37. The fourth-order valence-corrected chi connectivity index (χ4v) is 3.71. The first-order valence-electron chi connectivity index (χ1n) is 11.1. The average molecular weight is 416 g/mol. The lowest BCUT2D eigenvalue weighted by Gasteiger charge is -2.37. The van der Waals surface area contributed by atoms with E-state index < -0.39 is 6.04 Å². The summed E-state index contributed by atoms with van der Waals surface area (Å²) in [7, 11) is 0. The third-order valence-corrected chi connectivity index (χ3v) is 6.04. The SMILES string of the molecule is Cc1cccc(C(=O)N[C@@H](C(=O)N[C@@H](C)C(C)C)C2CCN(C(=O)C(C)C)CC2)c1. The maximum atomic E-state index is 13.1. The van der Waals surface area contributed by atoms with Gasteiger partial charge in [0, 0.05) is 30.6 Å². The molecule has 2 atom stereocenters. The minimum Gasteiger partial charge on any atom is -0.352 e. The Balaban J connectivity index is 2.14. The van der Waals surface area contributed by atoms with Gasteiger partial charge in [-0.15, -0.1) is 0 Å². The number of piperidine rings is 1. The van der Waals surface area contributed by atoms with Crippen molar-refractivity contribution in [3.05, 3.63) is 35.4 Å². The molecule has 0 bridgehead atoms. The van der Waals surface area contributed by atoms with Crippen LogP contribution in [0.5, 0.6) is 0 Å². The number of rotatable bonds is 7. The van der Waals surface area contributed by atoms with Crippen molar-refractivity contribution >= 4 is 17.7 Å². The number of hydrogen-bond donors (Lipinski definition) is 2. The largest absolute Gasteiger partial charge is 0.352 e. The predicted molar refractivity (Wildman–Crippen MR) is 119 cm³/mol. The fraction of sp³-hybridized carbons (Fsp3) is 0.625. The van der Waals surface area contributed by atoms with Crippen LogP contribution in [0, 0.1) is 24.7 Å². The van der Waals surface area contributed by atoms with Crippen molar-refractivity contribution < 1.29 is 14.4 Å². The summed E-state index contributed by atoms with van der Waals surface area (Å²) in [6.45, 7) is 13.1. The molecule has 1 aromatic carbocycles. The van der Waals surface area contributed by atoms with Gasteiger partial charge in [-0.2, -0.15) is 0 Å². The lowest BCUT2D eigenvalue weighted by molar-refractivity contribution is -0.136. The molecule has 30 heavy (non-hydrogen) atoms. The van der Waals surface area contributed by atoms with E-state index in [-0.39, 0.29) is 35.6 Å². The molecule has 1 aliphatic heterocycles. The van der Waals surface area contributed by atoms with Gasteiger partial charge in [0.15, 0.2) is 0 Å². The Kier molecular flexibility index (Phi) is 8.44. The van der Waals surface area contributed by atoms with Gasteiger partial charge < -0.3 is 15.5 Å². The highest BCUT2D eigenvalue weighted by Gasteiger charge is 2.35. The number of carbonyl (C=O) groups is 3. The van der Waals surface area contributed by atoms with E-state index in [1.165, 1.54) is 0 Å². The minimum absolute atomic E-state index is 0.00525. The molecule has 0 saturated carbocycles. The van der Waals surface area contributed by atoms with Gasteiger partial charge in [-0.1, -0.05) is 45.4 Å². The van der Waals surface area contributed by atoms with Crippen molar-refractivity contribution in [2.45, 2.75) is 66.5 Å². The molecule has 0 spiro atoms. The number of benzene rings is 1. The quantitative estimate of drug-likeness (QED) is 0.718. The average Bonchev–Trinajstić information content (AvgIpc) is 2.71. The van der Waals surface area contributed by atoms with Crippen LogP contribution in [0.4, 0.5) is 0 Å². The van der Waals surface area contributed by atoms with Crippen molar-refractivity contribution in [3.63, 3.8) is 0 Å². The van der Waals surface area contributed by atoms with Gasteiger partial charge in [-0.3, -0.25) is 14.4 Å². The van der Waals surface area contributed by atoms with Gasteiger partial charge in [-0.25, -0.2) is 0 Å². The summed E-state index contributed by atoms with van der Waals surface area (Å²) in [5.41, 5.74) is 1.55. The molecular weight excluding hydrogens is 378 g/mol. The maximum absolute atomic E-state index is 13.1. The van der Waals surface area contributed by atoms with Crippen LogP contribution in [-0.2, 0) is 9.59 Å². The summed E-state index contributed by atoms with van der Waals surface area (Å²) < 4.78 is 0. The van der Waals surface area contributed by atoms with Gasteiger partial charge in [0.1, 0.15) is 6.04 Å². The molecule has 6 nitrogen and oxygen atoms in total. The summed E-state index contributed by atoms with van der Waals surface area (Å²) >= 11 is 0. The second-order valence-electron chi connectivity index (χ2n) is 9.18. The molecule has 166 valence electrons. The number of hydrogen-bond acceptors (Lipinski definition) is 3. The third-order valence-electron chi connectivity index (χ3n) is 6.04. The molecular formula is C24H37N3O3. The monoisotopic (exact) mass is 415 g/mol. The molecule has 2 rings (SSSR count). The molecule has 0 aliphatic carbocycles. The van der Waals surface area contributed by atoms with Crippen LogP contribution in [0.1, 0.15) is 63.4 Å². The van der Waals surface area contributed by atoms with Crippen LogP contribution < -0.4 is 10.6 Å². The van der Waals surface area contributed by atoms with E-state index in [0.29, 0.717) is 37.4 Å². The van der Waals surface area contributed by atoms with Crippen molar-refractivity contribution in [3.8, 4) is 0 Å². The van der Waals surface area contributed by atoms with E-state index >= 15 is 0 Å². The Morgan fingerprint density at radius 1 is 1.00 bits per heavy atom. The van der Waals surface area contributed by atoms with Crippen LogP contribution in [0.15, 0.2) is 24.3 Å². The van der Waals surface area contributed by atoms with Crippen LogP contribution in [-0.4, -0.2) is 47.8 Å². The van der Waals surface area contributed by atoms with Gasteiger partial charge in [0.05, 0.1) is 0 Å². The highest BCUT2D eigenvalue weighted by Crippen LogP contribution is 2.23. The lowest BCUT2D eigenvalue weighted by atomic mass is 9.87. The zero-order valence-corrected chi connectivity index (χ0v) is 19.2. The van der Waals surface area contributed by atoms with Crippen LogP contribution in [0.25, 0.3) is 0 Å². The van der Waals surface area contributed by atoms with Gasteiger partial charge in [0.25, 0.3) is 5.91 Å². The topological polar surface area (TPSA) is 78.5 Å². The highest BCUT2D eigenvalue weighted by atomic mass is 16.2. The Bertz CT molecular complexity index is 752. The number of carbonyl (C=O) groups excluding carboxylic acids is 3. The fourth-order valence-electron chi connectivity index (χ4n) is 3.71. The minimum atomic E-state index is -0.615. The molecule has 1 heterocycles. The van der Waals surface area contributed by atoms with Crippen molar-refractivity contribution in [2.75, 3.05) is 13.1 Å². The summed E-state index contributed by atoms with van der Waals surface area (Å²) in [5.74, 6) is 0.0183. The van der Waals surface area contributed by atoms with E-state index in [1.807, 2.05) is 50.8 Å². The van der Waals surface area contributed by atoms with Crippen LogP contribution in [0.2, 0.25) is 0 Å². The van der Waals surface area contributed by atoms with Crippen molar-refractivity contribution in [2.24, 2.45) is 17.8 Å². The zero-order valence-electron chi connectivity index (χ0n) is 19.2. The number of aryl methyl sites for hydroxylation is 1. The van der Waals surface area contributed by atoms with Crippen molar-refractivity contribution in [1.82, 2.24) is 15.5 Å². The first-order valence-corrected chi connectivity index (χ1v) is 11.1. The van der Waals surface area contributed by atoms with Gasteiger partial charge >= 0.3 is 0 Å². The van der Waals surface area contributed by atoms with E-state index in [9.17, 15) is 14.4 Å². The van der Waals surface area contributed by atoms with E-state index in [2.05, 4.69) is 24.5 Å². The first kappa shape index (κ1) is 23.9. The van der Waals surface area contributed by atoms with Crippen LogP contribution >= 0.6 is 0 Å². The molecule has 0 unspecified atom stereocenters. The molecule has 2 N–H and O–H groups in total. The highest BCUT2D eigenvalue weighted by molar-refractivity contribution is 5.97. The maximum Gasteiger partial charge on any atom is 0.251 e. The van der Waals surface area contributed by atoms with E-state index in [0.717, 1.165) is 5.56 Å². The van der Waals surface area contributed by atoms with E-state index in [1.54, 1.807) is 6.07 Å². The van der Waals surface area contributed by atoms with Gasteiger partial charge in [0.2, 0.25) is 11.8 Å². The lowest BCUT2D eigenvalue weighted by Crippen LogP contribution is -2.55. The Labute approximate surface area is 180 Å². The molecule has 3 amide bonds. The summed E-state index contributed by atoms with van der Waals surface area (Å²) in [5, 5.41) is 6.05. The molecule has 1 fully saturated rings. The predicted octanol–water partition coefficient (Wildman–Crippen LogP) is 3.15. The normalized spacial score (nSPS) is 17.0. The number of nitrogens with zero attached hydrogens (tertiary/aromatic N) is 1. The van der Waals surface area contributed by atoms with E-state index in [4.69, 9.17) is 0 Å². The first-order chi connectivity index (χ1) is 14.1. The smallest absolute Gasteiger partial charge is 0.251 e. The molecule has 0 radical (unpaired) electrons. The molecule has 1 aliphatic rings. The second kappa shape index (κ2) is 10.6. The standard InChI is InChI=1S/C24H37N3O3/c1-15(2)18(6)25-23(29)21(26-22(28)20-9-7-8-17(5)14-20)19-10-12-27(13-11-19)24(30)16(3)4/h7-9,14-16,18-19,21H,10-13H2,1-6H3,(H,25,29)(H,26,28)/t18-,21+/m0/s1. The van der Waals surface area contributed by atoms with Crippen molar-refractivity contribution in [1.29, 1.82) is 0 Å². The molecule has 1 saturated heterocycles. The molecule has 6 heteroatoms. The summed E-state index contributed by atoms with van der Waals surface area (Å²) in [6.07, 6.45) is 1.39. The summed E-state index contributed by atoms with van der Waals surface area (Å²) in [4.78, 5) is 40.2. The zero-order chi connectivity index (χ0) is 22.4. The summed E-state index contributed by atoms with van der Waals surface area (Å²) in [6, 6.07) is 6.76. The second-order valence-corrected chi connectivity index (χ2v) is 9.18. The number of nitrogens with one attached hydrogen (secondary N) is 2. The molecule has 1 aromatic rings. The van der Waals surface area contributed by atoms with Crippen LogP contribution in [0.3, 0.4) is 0 Å². The Morgan fingerprint density at radius 3 is 2.17 bits per heavy atom. The van der Waals surface area contributed by atoms with Gasteiger partial charge in [-0.05, 0) is 50.7 Å².